The third-order valence-electron chi connectivity index (χ3n) is 4.06. The molecule has 0 spiro atoms. The zero-order chi connectivity index (χ0) is 18.3. The summed E-state index contributed by atoms with van der Waals surface area (Å²) in [7, 11) is 3.74. The van der Waals surface area contributed by atoms with Crippen LogP contribution < -0.4 is 5.32 Å². The van der Waals surface area contributed by atoms with Gasteiger partial charge in [-0.1, -0.05) is 0 Å². The number of aromatic nitrogens is 6. The first-order valence-corrected chi connectivity index (χ1v) is 8.05. The summed E-state index contributed by atoms with van der Waals surface area (Å²) in [4.78, 5) is 24.6. The highest BCUT2D eigenvalue weighted by atomic mass is 16.1. The predicted octanol–water partition coefficient (Wildman–Crippen LogP) is 2.39. The molecule has 0 radical (unpaired) electrons. The first-order valence-electron chi connectivity index (χ1n) is 8.05. The first kappa shape index (κ1) is 15.9. The van der Waals surface area contributed by atoms with E-state index < -0.39 is 0 Å². The molecule has 0 atom stereocenters. The van der Waals surface area contributed by atoms with Crippen molar-refractivity contribution in [2.75, 3.05) is 5.32 Å². The number of hydrogen-bond acceptors (Lipinski definition) is 5. The zero-order valence-electron chi connectivity index (χ0n) is 14.6. The van der Waals surface area contributed by atoms with E-state index in [-0.39, 0.29) is 5.91 Å². The van der Waals surface area contributed by atoms with E-state index in [9.17, 15) is 4.79 Å². The lowest BCUT2D eigenvalue weighted by Gasteiger charge is -2.06. The van der Waals surface area contributed by atoms with Gasteiger partial charge in [0.15, 0.2) is 0 Å². The lowest BCUT2D eigenvalue weighted by molar-refractivity contribution is -0.114. The van der Waals surface area contributed by atoms with Gasteiger partial charge in [-0.25, -0.2) is 4.98 Å². The van der Waals surface area contributed by atoms with Gasteiger partial charge in [0, 0.05) is 45.0 Å². The van der Waals surface area contributed by atoms with Crippen LogP contribution in [-0.4, -0.2) is 35.2 Å². The number of pyridine rings is 2. The Hall–Kier alpha value is -3.55. The maximum absolute atomic E-state index is 11.4. The van der Waals surface area contributed by atoms with Crippen LogP contribution in [0.2, 0.25) is 0 Å². The topological polar surface area (TPSA) is 90.5 Å². The van der Waals surface area contributed by atoms with E-state index in [1.807, 2.05) is 23.7 Å². The molecule has 0 bridgehead atoms. The van der Waals surface area contributed by atoms with Gasteiger partial charge in [-0.05, 0) is 17.5 Å². The summed E-state index contributed by atoms with van der Waals surface area (Å²) in [5.41, 5.74) is 3.71. The molecule has 0 saturated heterocycles. The number of aryl methyl sites for hydroxylation is 2. The van der Waals surface area contributed by atoms with Crippen molar-refractivity contribution in [2.24, 2.45) is 14.1 Å². The molecule has 0 aliphatic rings. The van der Waals surface area contributed by atoms with Gasteiger partial charge in [0.25, 0.3) is 0 Å². The van der Waals surface area contributed by atoms with E-state index in [1.54, 1.807) is 42.8 Å². The van der Waals surface area contributed by atoms with Crippen LogP contribution in [0.25, 0.3) is 33.5 Å². The van der Waals surface area contributed by atoms with E-state index in [0.29, 0.717) is 17.1 Å². The number of carbonyl (C=O) groups excluding carboxylic acids is 1. The number of amides is 1. The Balaban J connectivity index is 1.83. The van der Waals surface area contributed by atoms with Crippen molar-refractivity contribution in [1.29, 1.82) is 0 Å². The van der Waals surface area contributed by atoms with Crippen molar-refractivity contribution in [2.45, 2.75) is 6.92 Å². The van der Waals surface area contributed by atoms with Crippen molar-refractivity contribution in [3.05, 3.63) is 43.2 Å². The third kappa shape index (κ3) is 2.81. The molecule has 4 aromatic rings. The van der Waals surface area contributed by atoms with Gasteiger partial charge in [-0.2, -0.15) is 5.10 Å². The minimum atomic E-state index is -0.150. The highest BCUT2D eigenvalue weighted by Crippen LogP contribution is 2.28. The Morgan fingerprint density at radius 1 is 1.04 bits per heavy atom. The van der Waals surface area contributed by atoms with Crippen LogP contribution in [0.5, 0.6) is 0 Å². The molecule has 4 rings (SSSR count). The Kier molecular flexibility index (Phi) is 3.72. The fourth-order valence-electron chi connectivity index (χ4n) is 2.87. The summed E-state index contributed by atoms with van der Waals surface area (Å²) in [5, 5.41) is 9.15. The van der Waals surface area contributed by atoms with Gasteiger partial charge in [0.05, 0.1) is 35.3 Å². The monoisotopic (exact) mass is 347 g/mol. The van der Waals surface area contributed by atoms with Crippen LogP contribution in [0.1, 0.15) is 6.92 Å². The molecule has 26 heavy (non-hydrogen) atoms. The average molecular weight is 347 g/mol. The normalized spacial score (nSPS) is 11.0. The van der Waals surface area contributed by atoms with E-state index in [0.717, 1.165) is 22.2 Å². The van der Waals surface area contributed by atoms with Crippen molar-refractivity contribution in [3.8, 4) is 22.8 Å². The molecule has 4 heterocycles. The quantitative estimate of drug-likeness (QED) is 0.614. The summed E-state index contributed by atoms with van der Waals surface area (Å²) in [6.45, 7) is 1.47. The molecule has 8 nitrogen and oxygen atoms in total. The molecule has 1 amide bonds. The van der Waals surface area contributed by atoms with E-state index in [2.05, 4.69) is 25.4 Å². The lowest BCUT2D eigenvalue weighted by Crippen LogP contribution is -2.06. The Morgan fingerprint density at radius 3 is 2.46 bits per heavy atom. The number of hydrogen-bond donors (Lipinski definition) is 1. The second-order valence-electron chi connectivity index (χ2n) is 6.12. The summed E-state index contributed by atoms with van der Waals surface area (Å²) < 4.78 is 3.57. The van der Waals surface area contributed by atoms with Gasteiger partial charge < -0.3 is 9.88 Å². The summed E-state index contributed by atoms with van der Waals surface area (Å²) in [5.74, 6) is -0.150. The van der Waals surface area contributed by atoms with Crippen molar-refractivity contribution in [3.63, 3.8) is 0 Å². The standard InChI is InChI=1S/C18H17N7O/c1-11(26)22-16-9-25(3)23-18(16)15-5-12-4-14(17-8-19-10-24(17)2)20-6-13(12)7-21-15/h4-10H,1-3H3,(H,22,26). The minimum Gasteiger partial charge on any atom is -0.332 e. The number of carbonyl (C=O) groups is 1. The second-order valence-corrected chi connectivity index (χ2v) is 6.12. The highest BCUT2D eigenvalue weighted by Gasteiger charge is 2.14. The van der Waals surface area contributed by atoms with Crippen LogP contribution in [0.3, 0.4) is 0 Å². The summed E-state index contributed by atoms with van der Waals surface area (Å²) >= 11 is 0. The van der Waals surface area contributed by atoms with Crippen LogP contribution in [0.15, 0.2) is 43.2 Å². The molecule has 0 aliphatic heterocycles. The molecule has 0 aliphatic carbocycles. The molecule has 8 heteroatoms. The number of fused-ring (bicyclic) bond motifs is 1. The smallest absolute Gasteiger partial charge is 0.221 e. The van der Waals surface area contributed by atoms with Crippen LogP contribution in [0, 0.1) is 0 Å². The lowest BCUT2D eigenvalue weighted by atomic mass is 10.1. The Labute approximate surface area is 149 Å². The first-order chi connectivity index (χ1) is 12.5. The number of nitrogens with one attached hydrogen (secondary N) is 1. The molecule has 4 aromatic heterocycles. The van der Waals surface area contributed by atoms with Gasteiger partial charge in [0.2, 0.25) is 5.91 Å². The second kappa shape index (κ2) is 6.07. The number of imidazole rings is 1. The minimum absolute atomic E-state index is 0.150. The summed E-state index contributed by atoms with van der Waals surface area (Å²) in [6.07, 6.45) is 8.84. The number of rotatable bonds is 3. The van der Waals surface area contributed by atoms with Gasteiger partial charge in [-0.3, -0.25) is 19.4 Å². The fourth-order valence-corrected chi connectivity index (χ4v) is 2.87. The third-order valence-corrected chi connectivity index (χ3v) is 4.06. The van der Waals surface area contributed by atoms with Crippen LogP contribution in [-0.2, 0) is 18.9 Å². The molecular weight excluding hydrogens is 330 g/mol. The number of nitrogens with zero attached hydrogens (tertiary/aromatic N) is 6. The molecule has 130 valence electrons. The van der Waals surface area contributed by atoms with E-state index in [1.165, 1.54) is 6.92 Å². The van der Waals surface area contributed by atoms with Crippen LogP contribution in [0.4, 0.5) is 5.69 Å². The Bertz CT molecular complexity index is 1130. The van der Waals surface area contributed by atoms with E-state index in [4.69, 9.17) is 0 Å². The van der Waals surface area contributed by atoms with Crippen molar-refractivity contribution in [1.82, 2.24) is 29.3 Å². The maximum atomic E-state index is 11.4. The molecule has 0 unspecified atom stereocenters. The average Bonchev–Trinajstić information content (AvgIpc) is 3.19. The molecule has 0 fully saturated rings. The Morgan fingerprint density at radius 2 is 1.77 bits per heavy atom. The molecular formula is C18H17N7O. The van der Waals surface area contributed by atoms with Crippen LogP contribution >= 0.6 is 0 Å². The van der Waals surface area contributed by atoms with Crippen molar-refractivity contribution < 1.29 is 4.79 Å². The highest BCUT2D eigenvalue weighted by molar-refractivity contribution is 5.94. The zero-order valence-corrected chi connectivity index (χ0v) is 14.6. The molecule has 0 saturated carbocycles. The predicted molar refractivity (Wildman–Crippen MR) is 98.2 cm³/mol. The number of anilines is 1. The van der Waals surface area contributed by atoms with Crippen molar-refractivity contribution >= 4 is 22.4 Å². The van der Waals surface area contributed by atoms with Gasteiger partial charge >= 0.3 is 0 Å². The maximum Gasteiger partial charge on any atom is 0.221 e. The summed E-state index contributed by atoms with van der Waals surface area (Å²) in [6, 6.07) is 3.95. The van der Waals surface area contributed by atoms with Gasteiger partial charge in [0.1, 0.15) is 5.69 Å². The molecule has 0 aromatic carbocycles. The SMILES string of the molecule is CC(=O)Nc1cn(C)nc1-c1cc2cc(-c3cncn3C)ncc2cn1. The molecule has 1 N–H and O–H groups in total. The van der Waals surface area contributed by atoms with Gasteiger partial charge in [-0.15, -0.1) is 0 Å². The van der Waals surface area contributed by atoms with E-state index >= 15 is 0 Å². The largest absolute Gasteiger partial charge is 0.332 e. The fraction of sp³-hybridized carbons (Fsp3) is 0.167.